The summed E-state index contributed by atoms with van der Waals surface area (Å²) in [4.78, 5) is 21.4. The Hall–Kier alpha value is -3.01. The Labute approximate surface area is 215 Å². The van der Waals surface area contributed by atoms with Crippen molar-refractivity contribution in [2.75, 3.05) is 48.0 Å². The molecule has 0 bridgehead atoms. The highest BCUT2D eigenvalue weighted by Crippen LogP contribution is 2.43. The number of aromatic nitrogens is 1. The van der Waals surface area contributed by atoms with Gasteiger partial charge in [-0.3, -0.25) is 4.90 Å². The van der Waals surface area contributed by atoms with E-state index >= 15 is 0 Å². The zero-order valence-electron chi connectivity index (χ0n) is 21.8. The Kier molecular flexibility index (Phi) is 7.87. The molecule has 3 heterocycles. The first-order chi connectivity index (χ1) is 17.5. The number of benzene rings is 1. The van der Waals surface area contributed by atoms with Crippen molar-refractivity contribution >= 4 is 23.3 Å². The van der Waals surface area contributed by atoms with Crippen molar-refractivity contribution in [3.05, 3.63) is 47.7 Å². The van der Waals surface area contributed by atoms with E-state index in [1.807, 2.05) is 39.8 Å². The summed E-state index contributed by atoms with van der Waals surface area (Å²) in [5.74, 6) is 0.559. The van der Waals surface area contributed by atoms with E-state index in [2.05, 4.69) is 15.2 Å². The fraction of sp³-hybridized carbons (Fsp3) is 0.556. The maximum Gasteiger partial charge on any atom is 0.416 e. The number of nitrogens with one attached hydrogen (secondary N) is 1. The first kappa shape index (κ1) is 27.0. The highest BCUT2D eigenvalue weighted by atomic mass is 19.4. The Bertz CT molecular complexity index is 1080. The fourth-order valence-electron chi connectivity index (χ4n) is 4.67. The van der Waals surface area contributed by atoms with Crippen LogP contribution in [0.5, 0.6) is 0 Å². The third kappa shape index (κ3) is 6.47. The van der Waals surface area contributed by atoms with Crippen LogP contribution in [0.25, 0.3) is 0 Å². The third-order valence-corrected chi connectivity index (χ3v) is 6.61. The van der Waals surface area contributed by atoms with Crippen LogP contribution in [0.15, 0.2) is 36.5 Å². The van der Waals surface area contributed by atoms with Crippen molar-refractivity contribution in [2.45, 2.75) is 58.8 Å². The van der Waals surface area contributed by atoms with Gasteiger partial charge in [-0.1, -0.05) is 27.7 Å². The summed E-state index contributed by atoms with van der Waals surface area (Å²) in [6.45, 7) is 10.9. The molecule has 1 fully saturated rings. The van der Waals surface area contributed by atoms with Gasteiger partial charge in [0.2, 0.25) is 0 Å². The Morgan fingerprint density at radius 3 is 2.49 bits per heavy atom. The summed E-state index contributed by atoms with van der Waals surface area (Å²) >= 11 is 0. The zero-order chi connectivity index (χ0) is 26.8. The summed E-state index contributed by atoms with van der Waals surface area (Å²) in [7, 11) is 0. The minimum atomic E-state index is -4.50. The highest BCUT2D eigenvalue weighted by molar-refractivity contribution is 5.90. The molecule has 1 N–H and O–H groups in total. The summed E-state index contributed by atoms with van der Waals surface area (Å²) in [6.07, 6.45) is -2.25. The molecule has 2 aromatic rings. The van der Waals surface area contributed by atoms with Crippen LogP contribution in [0.4, 0.5) is 35.2 Å². The van der Waals surface area contributed by atoms with Crippen LogP contribution in [0, 0.1) is 5.41 Å². The lowest BCUT2D eigenvalue weighted by atomic mass is 9.88. The van der Waals surface area contributed by atoms with Crippen LogP contribution in [-0.4, -0.2) is 50.0 Å². The van der Waals surface area contributed by atoms with Gasteiger partial charge in [-0.25, -0.2) is 9.78 Å². The van der Waals surface area contributed by atoms with Crippen LogP contribution < -0.4 is 15.1 Å². The van der Waals surface area contributed by atoms with Gasteiger partial charge in [-0.05, 0) is 54.2 Å². The van der Waals surface area contributed by atoms with Crippen LogP contribution >= 0.6 is 0 Å². The number of hydrogen-bond donors (Lipinski definition) is 1. The molecule has 2 aliphatic heterocycles. The summed E-state index contributed by atoms with van der Waals surface area (Å²) in [5.41, 5.74) is 0.793. The lowest BCUT2D eigenvalue weighted by Gasteiger charge is -2.41. The number of carbonyl (C=O) groups is 1. The first-order valence-electron chi connectivity index (χ1n) is 12.7. The molecule has 2 atom stereocenters. The summed E-state index contributed by atoms with van der Waals surface area (Å²) < 4.78 is 51.9. The van der Waals surface area contributed by atoms with Crippen molar-refractivity contribution in [2.24, 2.45) is 5.41 Å². The number of carbonyl (C=O) groups excluding carboxylic acids is 1. The number of amides is 1. The quantitative estimate of drug-likeness (QED) is 0.502. The second kappa shape index (κ2) is 10.8. The topological polar surface area (TPSA) is 66.9 Å². The molecule has 202 valence electrons. The van der Waals surface area contributed by atoms with Gasteiger partial charge in [-0.2, -0.15) is 13.2 Å². The second-order valence-electron chi connectivity index (χ2n) is 10.8. The molecule has 0 aliphatic carbocycles. The van der Waals surface area contributed by atoms with Crippen LogP contribution in [0.2, 0.25) is 0 Å². The van der Waals surface area contributed by atoms with E-state index in [4.69, 9.17) is 9.47 Å². The van der Waals surface area contributed by atoms with Gasteiger partial charge in [0.05, 0.1) is 49.0 Å². The standard InChI is InChI=1S/C27H35F3N4O3/c1-5-19-15-22(32-24-9-7-20(16-31-24)33-10-12-36-13-11-33)21-14-18(27(28,29)30)6-8-23(21)34(19)25(35)37-17-26(2,3)4/h6-9,14,16,19,22H,5,10-13,15,17H2,1-4H3,(H,31,32)/t19-,22+/m1/s1. The van der Waals surface area contributed by atoms with E-state index in [9.17, 15) is 18.0 Å². The summed E-state index contributed by atoms with van der Waals surface area (Å²) in [5, 5.41) is 3.33. The Morgan fingerprint density at radius 2 is 1.89 bits per heavy atom. The Morgan fingerprint density at radius 1 is 1.16 bits per heavy atom. The van der Waals surface area contributed by atoms with Crippen LogP contribution in [0.1, 0.15) is 57.7 Å². The molecule has 7 nitrogen and oxygen atoms in total. The lowest BCUT2D eigenvalue weighted by Crippen LogP contribution is -2.46. The SMILES string of the molecule is CC[C@@H]1C[C@H](Nc2ccc(N3CCOCC3)cn2)c2cc(C(F)(F)F)ccc2N1C(=O)OCC(C)(C)C. The maximum absolute atomic E-state index is 13.6. The fourth-order valence-corrected chi connectivity index (χ4v) is 4.67. The van der Waals surface area contributed by atoms with Gasteiger partial charge in [0.25, 0.3) is 0 Å². The monoisotopic (exact) mass is 520 g/mol. The molecule has 1 aromatic heterocycles. The van der Waals surface area contributed by atoms with Crippen molar-refractivity contribution in [3.63, 3.8) is 0 Å². The number of hydrogen-bond acceptors (Lipinski definition) is 6. The van der Waals surface area contributed by atoms with E-state index < -0.39 is 23.9 Å². The van der Waals surface area contributed by atoms with Gasteiger partial charge in [-0.15, -0.1) is 0 Å². The van der Waals surface area contributed by atoms with E-state index in [1.54, 1.807) is 6.20 Å². The number of pyridine rings is 1. The van der Waals surface area contributed by atoms with Crippen molar-refractivity contribution in [3.8, 4) is 0 Å². The van der Waals surface area contributed by atoms with E-state index in [0.29, 0.717) is 43.1 Å². The smallest absolute Gasteiger partial charge is 0.416 e. The number of morpholine rings is 1. The van der Waals surface area contributed by atoms with Crippen molar-refractivity contribution in [1.29, 1.82) is 0 Å². The minimum absolute atomic E-state index is 0.204. The molecule has 0 radical (unpaired) electrons. The highest BCUT2D eigenvalue weighted by Gasteiger charge is 2.39. The zero-order valence-corrected chi connectivity index (χ0v) is 21.8. The van der Waals surface area contributed by atoms with Crippen LogP contribution in [0.3, 0.4) is 0 Å². The van der Waals surface area contributed by atoms with Gasteiger partial charge in [0, 0.05) is 19.1 Å². The number of alkyl halides is 3. The van der Waals surface area contributed by atoms with E-state index in [1.165, 1.54) is 11.0 Å². The van der Waals surface area contributed by atoms with Gasteiger partial charge < -0.3 is 19.7 Å². The van der Waals surface area contributed by atoms with Gasteiger partial charge >= 0.3 is 12.3 Å². The van der Waals surface area contributed by atoms with Crippen molar-refractivity contribution < 1.29 is 27.4 Å². The maximum atomic E-state index is 13.6. The van der Waals surface area contributed by atoms with Crippen molar-refractivity contribution in [1.82, 2.24) is 4.98 Å². The Balaban J connectivity index is 1.63. The third-order valence-electron chi connectivity index (χ3n) is 6.61. The number of halogens is 3. The average Bonchev–Trinajstić information content (AvgIpc) is 2.86. The normalized spacial score (nSPS) is 20.4. The molecular weight excluding hydrogens is 485 g/mol. The number of ether oxygens (including phenoxy) is 2. The predicted octanol–water partition coefficient (Wildman–Crippen LogP) is 6.26. The molecule has 0 unspecified atom stereocenters. The number of rotatable bonds is 5. The molecule has 1 amide bonds. The molecule has 1 saturated heterocycles. The van der Waals surface area contributed by atoms with E-state index in [-0.39, 0.29) is 18.1 Å². The van der Waals surface area contributed by atoms with Crippen LogP contribution in [-0.2, 0) is 15.7 Å². The summed E-state index contributed by atoms with van der Waals surface area (Å²) in [6, 6.07) is 6.60. The van der Waals surface area contributed by atoms with Gasteiger partial charge in [0.1, 0.15) is 5.82 Å². The molecule has 0 saturated carbocycles. The van der Waals surface area contributed by atoms with E-state index in [0.717, 1.165) is 30.9 Å². The molecule has 2 aliphatic rings. The minimum Gasteiger partial charge on any atom is -0.449 e. The molecular formula is C27H35F3N4O3. The van der Waals surface area contributed by atoms with Gasteiger partial charge in [0.15, 0.2) is 0 Å². The number of nitrogens with zero attached hydrogens (tertiary/aromatic N) is 3. The second-order valence-corrected chi connectivity index (χ2v) is 10.8. The number of anilines is 3. The molecule has 37 heavy (non-hydrogen) atoms. The predicted molar refractivity (Wildman–Crippen MR) is 137 cm³/mol. The average molecular weight is 521 g/mol. The number of fused-ring (bicyclic) bond motifs is 1. The lowest BCUT2D eigenvalue weighted by molar-refractivity contribution is -0.137. The molecule has 4 rings (SSSR count). The first-order valence-corrected chi connectivity index (χ1v) is 12.7. The largest absolute Gasteiger partial charge is 0.449 e. The molecule has 0 spiro atoms. The molecule has 10 heteroatoms. The molecule has 1 aromatic carbocycles.